The molecule has 0 atom stereocenters. The van der Waals surface area contributed by atoms with Crippen LogP contribution in [-0.2, 0) is 14.9 Å². The molecule has 3 aromatic rings. The topological polar surface area (TPSA) is 72.8 Å². The average molecular weight is 497 g/mol. The first-order valence-electron chi connectivity index (χ1n) is 9.35. The maximum absolute atomic E-state index is 12.7. The van der Waals surface area contributed by atoms with E-state index in [2.05, 4.69) is 4.74 Å². The number of methoxy groups -OCH3 is 1. The van der Waals surface area contributed by atoms with E-state index in [9.17, 15) is 27.9 Å². The zero-order chi connectivity index (χ0) is 22.4. The number of hydrogen-bond donors (Lipinski definition) is 1. The Morgan fingerprint density at radius 3 is 2.52 bits per heavy atom. The number of hydrogen-bond acceptors (Lipinski definition) is 4. The Labute approximate surface area is 181 Å². The summed E-state index contributed by atoms with van der Waals surface area (Å²) in [5, 5.41) is 10.2. The van der Waals surface area contributed by atoms with Gasteiger partial charge in [0, 0.05) is 0 Å². The Balaban J connectivity index is 1.83. The predicted molar refractivity (Wildman–Crippen MR) is 108 cm³/mol. The van der Waals surface area contributed by atoms with Crippen molar-refractivity contribution in [3.05, 3.63) is 52.5 Å². The summed E-state index contributed by atoms with van der Waals surface area (Å²) in [4.78, 5) is 23.8. The minimum absolute atomic E-state index is 0.168. The number of benzene rings is 2. The number of alkyl halides is 3. The molecule has 0 saturated heterocycles. The summed E-state index contributed by atoms with van der Waals surface area (Å²) in [6.45, 7) is 0. The SMILES string of the molecule is COC(=O)CC1(c2cccc(-c3c(C(=O)O)[se]c4ccc(OC(F)(F)F)cc34)c2)CC1. The fourth-order valence-electron chi connectivity index (χ4n) is 3.78. The van der Waals surface area contributed by atoms with Crippen molar-refractivity contribution in [1.29, 1.82) is 0 Å². The molecule has 0 unspecified atom stereocenters. The third-order valence-corrected chi connectivity index (χ3v) is 7.85. The van der Waals surface area contributed by atoms with Crippen LogP contribution in [0.2, 0.25) is 0 Å². The Kier molecular flexibility index (Phi) is 5.35. The number of carboxylic acids is 1. The van der Waals surface area contributed by atoms with E-state index in [0.29, 0.717) is 20.8 Å². The summed E-state index contributed by atoms with van der Waals surface area (Å²) in [6.07, 6.45) is -3.01. The number of esters is 1. The minimum atomic E-state index is -4.84. The summed E-state index contributed by atoms with van der Waals surface area (Å²) in [6, 6.07) is 11.1. The summed E-state index contributed by atoms with van der Waals surface area (Å²) >= 11 is -0.563. The van der Waals surface area contributed by atoms with Crippen molar-refractivity contribution >= 4 is 36.1 Å². The molecule has 1 aliphatic carbocycles. The van der Waals surface area contributed by atoms with Crippen molar-refractivity contribution in [3.8, 4) is 16.9 Å². The first kappa shape index (κ1) is 21.5. The van der Waals surface area contributed by atoms with Gasteiger partial charge in [0.15, 0.2) is 0 Å². The Morgan fingerprint density at radius 1 is 1.16 bits per heavy atom. The zero-order valence-corrected chi connectivity index (χ0v) is 18.0. The van der Waals surface area contributed by atoms with Gasteiger partial charge in [-0.1, -0.05) is 0 Å². The van der Waals surface area contributed by atoms with E-state index in [-0.39, 0.29) is 22.2 Å². The number of carbonyl (C=O) groups is 2. The van der Waals surface area contributed by atoms with E-state index in [1.165, 1.54) is 25.3 Å². The van der Waals surface area contributed by atoms with Crippen LogP contribution < -0.4 is 4.74 Å². The van der Waals surface area contributed by atoms with Crippen LogP contribution in [0.5, 0.6) is 5.75 Å². The van der Waals surface area contributed by atoms with Gasteiger partial charge in [-0.2, -0.15) is 0 Å². The number of aromatic carboxylic acids is 1. The number of carbonyl (C=O) groups excluding carboxylic acids is 1. The van der Waals surface area contributed by atoms with Crippen LogP contribution in [0.3, 0.4) is 0 Å². The van der Waals surface area contributed by atoms with Crippen molar-refractivity contribution < 1.29 is 37.3 Å². The molecule has 162 valence electrons. The summed E-state index contributed by atoms with van der Waals surface area (Å²) in [5.74, 6) is -1.82. The normalized spacial score (nSPS) is 15.0. The molecule has 1 fully saturated rings. The molecule has 9 heteroatoms. The van der Waals surface area contributed by atoms with Crippen LogP contribution in [0.15, 0.2) is 42.5 Å². The van der Waals surface area contributed by atoms with E-state index in [4.69, 9.17) is 4.74 Å². The third-order valence-electron chi connectivity index (χ3n) is 5.41. The molecule has 5 nitrogen and oxygen atoms in total. The van der Waals surface area contributed by atoms with E-state index in [0.717, 1.165) is 18.4 Å². The van der Waals surface area contributed by atoms with Gasteiger partial charge in [-0.25, -0.2) is 0 Å². The van der Waals surface area contributed by atoms with Crippen molar-refractivity contribution in [2.24, 2.45) is 0 Å². The van der Waals surface area contributed by atoms with Crippen LogP contribution in [0.4, 0.5) is 13.2 Å². The van der Waals surface area contributed by atoms with Gasteiger partial charge in [-0.15, -0.1) is 0 Å². The second kappa shape index (κ2) is 7.73. The molecule has 0 bridgehead atoms. The second-order valence-corrected chi connectivity index (χ2v) is 9.64. The predicted octanol–water partition coefficient (Wildman–Crippen LogP) is 4.76. The second-order valence-electron chi connectivity index (χ2n) is 7.43. The van der Waals surface area contributed by atoms with Crippen LogP contribution in [-0.4, -0.2) is 45.0 Å². The van der Waals surface area contributed by atoms with Gasteiger partial charge in [-0.3, -0.25) is 0 Å². The molecule has 0 amide bonds. The Hall–Kier alpha value is -2.77. The van der Waals surface area contributed by atoms with Crippen LogP contribution in [0, 0.1) is 0 Å². The fourth-order valence-corrected chi connectivity index (χ4v) is 5.97. The van der Waals surface area contributed by atoms with Gasteiger partial charge in [-0.05, 0) is 0 Å². The summed E-state index contributed by atoms with van der Waals surface area (Å²) < 4.78 is 47.7. The molecule has 0 spiro atoms. The molecular formula is C22H17F3O5Se. The molecular weight excluding hydrogens is 480 g/mol. The maximum atomic E-state index is 12.7. The van der Waals surface area contributed by atoms with E-state index in [1.807, 2.05) is 12.1 Å². The summed E-state index contributed by atoms with van der Waals surface area (Å²) in [5.41, 5.74) is 1.53. The molecule has 1 saturated carbocycles. The Bertz CT molecular complexity index is 1180. The van der Waals surface area contributed by atoms with E-state index in [1.54, 1.807) is 12.1 Å². The van der Waals surface area contributed by atoms with Gasteiger partial charge < -0.3 is 0 Å². The van der Waals surface area contributed by atoms with E-state index < -0.39 is 32.6 Å². The zero-order valence-electron chi connectivity index (χ0n) is 16.3. The average Bonchev–Trinajstić information content (AvgIpc) is 3.38. The van der Waals surface area contributed by atoms with Crippen molar-refractivity contribution in [3.63, 3.8) is 0 Å². The van der Waals surface area contributed by atoms with Crippen LogP contribution in [0.25, 0.3) is 20.8 Å². The molecule has 0 radical (unpaired) electrons. The molecule has 31 heavy (non-hydrogen) atoms. The van der Waals surface area contributed by atoms with Gasteiger partial charge in [0.1, 0.15) is 0 Å². The molecule has 1 aliphatic rings. The monoisotopic (exact) mass is 498 g/mol. The van der Waals surface area contributed by atoms with Crippen molar-refractivity contribution in [1.82, 2.24) is 0 Å². The van der Waals surface area contributed by atoms with Gasteiger partial charge in [0.25, 0.3) is 0 Å². The molecule has 1 aromatic heterocycles. The fraction of sp³-hybridized carbons (Fsp3) is 0.273. The van der Waals surface area contributed by atoms with E-state index >= 15 is 0 Å². The van der Waals surface area contributed by atoms with Gasteiger partial charge in [0.2, 0.25) is 0 Å². The molecule has 2 aromatic carbocycles. The quantitative estimate of drug-likeness (QED) is 0.393. The first-order valence-corrected chi connectivity index (χ1v) is 11.1. The van der Waals surface area contributed by atoms with Crippen molar-refractivity contribution in [2.75, 3.05) is 7.11 Å². The standard InChI is InChI=1S/C22H17F3O5Se/c1-29-17(26)11-21(7-8-21)13-4-2-3-12(9-13)18-15-10-14(30-22(23,24)25)5-6-16(15)31-19(18)20(27)28/h2-6,9-10H,7-8,11H2,1H3,(H,27,28). The van der Waals surface area contributed by atoms with Gasteiger partial charge in [0.05, 0.1) is 0 Å². The number of fused-ring (bicyclic) bond motifs is 1. The van der Waals surface area contributed by atoms with Gasteiger partial charge >= 0.3 is 181 Å². The number of carboxylic acid groups (broad SMARTS) is 1. The first-order chi connectivity index (χ1) is 14.6. The molecule has 0 aliphatic heterocycles. The Morgan fingerprint density at radius 2 is 1.90 bits per heavy atom. The number of rotatable bonds is 6. The molecule has 4 rings (SSSR count). The molecule has 1 N–H and O–H groups in total. The molecule has 1 heterocycles. The van der Waals surface area contributed by atoms with Crippen LogP contribution >= 0.6 is 0 Å². The number of ether oxygens (including phenoxy) is 2. The number of halogens is 3. The summed E-state index contributed by atoms with van der Waals surface area (Å²) in [7, 11) is 1.33. The third kappa shape index (κ3) is 4.34. The van der Waals surface area contributed by atoms with Crippen LogP contribution in [0.1, 0.15) is 34.1 Å². The van der Waals surface area contributed by atoms with Crippen molar-refractivity contribution in [2.45, 2.75) is 31.0 Å².